The number of fused-ring (bicyclic) bond motifs is 7. The third kappa shape index (κ3) is 5.23. The average molecular weight is 715 g/mol. The molecule has 8 aromatic carbocycles. The standard InChI is InChI=1S/C52H34N4/c1-4-15-35(16-5-1)38-19-14-20-39(33-38)52-53-46(36-17-6-2-7-18-36)34-47(54-52)37-27-29-41(30-28-37)56-49-26-13-11-24-43(49)45-32-31-44-42-23-10-12-25-48(42)55(50(44)51(45)56)40-21-8-3-9-22-40/h1-34H. The van der Waals surface area contributed by atoms with E-state index in [0.717, 1.165) is 50.6 Å². The molecule has 56 heavy (non-hydrogen) atoms. The first kappa shape index (κ1) is 31.9. The normalized spacial score (nSPS) is 11.6. The summed E-state index contributed by atoms with van der Waals surface area (Å²) in [6.45, 7) is 0. The summed E-state index contributed by atoms with van der Waals surface area (Å²) in [6.07, 6.45) is 0. The van der Waals surface area contributed by atoms with E-state index < -0.39 is 0 Å². The SMILES string of the molecule is c1ccc(-c2cccc(-c3nc(-c4ccccc4)cc(-c4ccc(-n5c6ccccc6c6ccc7c8ccccc8n(-c8ccccc8)c7c65)cc4)n3)c2)cc1. The van der Waals surface area contributed by atoms with Gasteiger partial charge in [-0.2, -0.15) is 0 Å². The molecule has 0 fully saturated rings. The molecule has 0 saturated heterocycles. The van der Waals surface area contributed by atoms with Crippen molar-refractivity contribution in [3.05, 3.63) is 206 Å². The van der Waals surface area contributed by atoms with Gasteiger partial charge in [-0.1, -0.05) is 158 Å². The van der Waals surface area contributed by atoms with Crippen molar-refractivity contribution in [3.63, 3.8) is 0 Å². The van der Waals surface area contributed by atoms with Crippen LogP contribution in [0.1, 0.15) is 0 Å². The molecule has 3 aromatic heterocycles. The van der Waals surface area contributed by atoms with Crippen molar-refractivity contribution >= 4 is 43.6 Å². The van der Waals surface area contributed by atoms with Crippen LogP contribution >= 0.6 is 0 Å². The molecule has 0 aliphatic carbocycles. The molecule has 0 aliphatic rings. The first-order valence-corrected chi connectivity index (χ1v) is 19.0. The fourth-order valence-electron chi connectivity index (χ4n) is 8.34. The summed E-state index contributed by atoms with van der Waals surface area (Å²) in [6, 6.07) is 73.1. The number of aromatic nitrogens is 4. The Balaban J connectivity index is 1.11. The largest absolute Gasteiger partial charge is 0.307 e. The molecule has 0 aliphatic heterocycles. The lowest BCUT2D eigenvalue weighted by molar-refractivity contribution is 1.15. The Morgan fingerprint density at radius 3 is 1.32 bits per heavy atom. The molecular weight excluding hydrogens is 681 g/mol. The van der Waals surface area contributed by atoms with Crippen LogP contribution in [0.25, 0.3) is 100 Å². The smallest absolute Gasteiger partial charge is 0.160 e. The summed E-state index contributed by atoms with van der Waals surface area (Å²) in [7, 11) is 0. The molecule has 0 radical (unpaired) electrons. The Labute approximate surface area is 324 Å². The van der Waals surface area contributed by atoms with E-state index >= 15 is 0 Å². The maximum atomic E-state index is 5.22. The molecule has 262 valence electrons. The average Bonchev–Trinajstić information content (AvgIpc) is 3.80. The number of benzene rings is 8. The molecule has 0 bridgehead atoms. The molecule has 0 saturated carbocycles. The molecule has 0 atom stereocenters. The zero-order valence-electron chi connectivity index (χ0n) is 30.4. The van der Waals surface area contributed by atoms with E-state index in [9.17, 15) is 0 Å². The number of hydrogen-bond acceptors (Lipinski definition) is 2. The molecule has 0 spiro atoms. The highest BCUT2D eigenvalue weighted by Gasteiger charge is 2.21. The first-order valence-electron chi connectivity index (χ1n) is 19.0. The molecule has 11 rings (SSSR count). The van der Waals surface area contributed by atoms with Crippen LogP contribution in [-0.4, -0.2) is 19.1 Å². The van der Waals surface area contributed by atoms with Crippen LogP contribution in [0.15, 0.2) is 206 Å². The molecule has 0 unspecified atom stereocenters. The Morgan fingerprint density at radius 1 is 0.286 bits per heavy atom. The van der Waals surface area contributed by atoms with Gasteiger partial charge in [-0.25, -0.2) is 9.97 Å². The van der Waals surface area contributed by atoms with Gasteiger partial charge in [-0.3, -0.25) is 0 Å². The second kappa shape index (κ2) is 13.1. The monoisotopic (exact) mass is 714 g/mol. The van der Waals surface area contributed by atoms with Crippen LogP contribution in [0.3, 0.4) is 0 Å². The highest BCUT2D eigenvalue weighted by atomic mass is 15.0. The summed E-state index contributed by atoms with van der Waals surface area (Å²) < 4.78 is 4.86. The van der Waals surface area contributed by atoms with Crippen molar-refractivity contribution in [2.24, 2.45) is 0 Å². The van der Waals surface area contributed by atoms with Gasteiger partial charge in [0.05, 0.1) is 33.5 Å². The molecule has 11 aromatic rings. The van der Waals surface area contributed by atoms with Crippen LogP contribution in [0.5, 0.6) is 0 Å². The van der Waals surface area contributed by atoms with E-state index in [-0.39, 0.29) is 0 Å². The lowest BCUT2D eigenvalue weighted by atomic mass is 10.0. The van der Waals surface area contributed by atoms with Crippen molar-refractivity contribution in [1.29, 1.82) is 0 Å². The molecule has 4 heteroatoms. The van der Waals surface area contributed by atoms with Gasteiger partial charge < -0.3 is 9.13 Å². The maximum absolute atomic E-state index is 5.22. The zero-order valence-corrected chi connectivity index (χ0v) is 30.4. The number of hydrogen-bond donors (Lipinski definition) is 0. The zero-order chi connectivity index (χ0) is 37.0. The van der Waals surface area contributed by atoms with E-state index in [1.165, 1.54) is 43.6 Å². The summed E-state index contributed by atoms with van der Waals surface area (Å²) in [5.41, 5.74) is 14.1. The summed E-state index contributed by atoms with van der Waals surface area (Å²) >= 11 is 0. The molecule has 4 nitrogen and oxygen atoms in total. The van der Waals surface area contributed by atoms with Gasteiger partial charge in [0.15, 0.2) is 5.82 Å². The van der Waals surface area contributed by atoms with Gasteiger partial charge in [-0.15, -0.1) is 0 Å². The van der Waals surface area contributed by atoms with E-state index in [2.05, 4.69) is 203 Å². The van der Waals surface area contributed by atoms with Crippen LogP contribution < -0.4 is 0 Å². The quantitative estimate of drug-likeness (QED) is 0.172. The predicted molar refractivity (Wildman–Crippen MR) is 232 cm³/mol. The van der Waals surface area contributed by atoms with Gasteiger partial charge in [0, 0.05) is 49.6 Å². The van der Waals surface area contributed by atoms with Crippen LogP contribution in [0, 0.1) is 0 Å². The maximum Gasteiger partial charge on any atom is 0.160 e. The minimum absolute atomic E-state index is 0.696. The van der Waals surface area contributed by atoms with Gasteiger partial charge in [-0.05, 0) is 59.7 Å². The fourth-order valence-corrected chi connectivity index (χ4v) is 8.34. The molecular formula is C52H34N4. The van der Waals surface area contributed by atoms with Crippen LogP contribution in [0.2, 0.25) is 0 Å². The Kier molecular flexibility index (Phi) is 7.46. The molecule has 0 amide bonds. The third-order valence-electron chi connectivity index (χ3n) is 10.9. The lowest BCUT2D eigenvalue weighted by Crippen LogP contribution is -1.99. The Morgan fingerprint density at radius 2 is 0.732 bits per heavy atom. The minimum Gasteiger partial charge on any atom is -0.307 e. The van der Waals surface area contributed by atoms with E-state index in [1.54, 1.807) is 0 Å². The second-order valence-corrected chi connectivity index (χ2v) is 14.2. The van der Waals surface area contributed by atoms with Crippen molar-refractivity contribution in [2.75, 3.05) is 0 Å². The molecule has 0 N–H and O–H groups in total. The second-order valence-electron chi connectivity index (χ2n) is 14.2. The molecule has 3 heterocycles. The van der Waals surface area contributed by atoms with Crippen molar-refractivity contribution in [2.45, 2.75) is 0 Å². The first-order chi connectivity index (χ1) is 27.8. The minimum atomic E-state index is 0.696. The highest BCUT2D eigenvalue weighted by molar-refractivity contribution is 6.23. The van der Waals surface area contributed by atoms with Crippen molar-refractivity contribution < 1.29 is 0 Å². The number of rotatable bonds is 6. The number of para-hydroxylation sites is 3. The topological polar surface area (TPSA) is 35.6 Å². The van der Waals surface area contributed by atoms with Crippen molar-refractivity contribution in [1.82, 2.24) is 19.1 Å². The van der Waals surface area contributed by atoms with Crippen molar-refractivity contribution in [3.8, 4) is 56.4 Å². The Bertz CT molecular complexity index is 3220. The number of nitrogens with zero attached hydrogens (tertiary/aromatic N) is 4. The highest BCUT2D eigenvalue weighted by Crippen LogP contribution is 2.42. The van der Waals surface area contributed by atoms with Crippen LogP contribution in [0.4, 0.5) is 0 Å². The lowest BCUT2D eigenvalue weighted by Gasteiger charge is -2.13. The summed E-state index contributed by atoms with van der Waals surface area (Å²) in [5.74, 6) is 0.696. The predicted octanol–water partition coefficient (Wildman–Crippen LogP) is 13.3. The van der Waals surface area contributed by atoms with Gasteiger partial charge in [0.2, 0.25) is 0 Å². The summed E-state index contributed by atoms with van der Waals surface area (Å²) in [4.78, 5) is 10.3. The van der Waals surface area contributed by atoms with E-state index in [1.807, 2.05) is 12.1 Å². The van der Waals surface area contributed by atoms with Gasteiger partial charge >= 0.3 is 0 Å². The fraction of sp³-hybridized carbons (Fsp3) is 0. The van der Waals surface area contributed by atoms with E-state index in [4.69, 9.17) is 9.97 Å². The van der Waals surface area contributed by atoms with Crippen LogP contribution in [-0.2, 0) is 0 Å². The van der Waals surface area contributed by atoms with Gasteiger partial charge in [0.1, 0.15) is 0 Å². The Hall–Kier alpha value is -7.56. The summed E-state index contributed by atoms with van der Waals surface area (Å²) in [5, 5.41) is 4.92. The third-order valence-corrected chi connectivity index (χ3v) is 10.9. The van der Waals surface area contributed by atoms with E-state index in [0.29, 0.717) is 5.82 Å². The van der Waals surface area contributed by atoms with Gasteiger partial charge in [0.25, 0.3) is 0 Å².